The molecule has 2 saturated heterocycles. The van der Waals surface area contributed by atoms with Crippen molar-refractivity contribution in [1.29, 1.82) is 0 Å². The van der Waals surface area contributed by atoms with E-state index in [2.05, 4.69) is 22.2 Å². The van der Waals surface area contributed by atoms with E-state index in [4.69, 9.17) is 11.6 Å². The van der Waals surface area contributed by atoms with Crippen LogP contribution in [0.2, 0.25) is 5.15 Å². The average molecular weight is 337 g/mol. The lowest BCUT2D eigenvalue weighted by Gasteiger charge is -2.33. The molecule has 1 aromatic heterocycles. The molecule has 2 fully saturated rings. The van der Waals surface area contributed by atoms with E-state index < -0.39 is 0 Å². The van der Waals surface area contributed by atoms with Crippen LogP contribution in [0.1, 0.15) is 24.8 Å². The van der Waals surface area contributed by atoms with E-state index >= 15 is 0 Å². The Morgan fingerprint density at radius 1 is 1.52 bits per heavy atom. The standard InChI is InChI=1S/C17H25ClN4O/c1-21(11-13-4-3-7-20-15(13)18)16(23)14-10-17(12-22(14)2)5-8-19-9-6-17/h3-4,7,14,19H,5-6,8-12H2,1-2H3/t14-/m0/s1. The number of carbonyl (C=O) groups excluding carboxylic acids is 1. The smallest absolute Gasteiger partial charge is 0.239 e. The fourth-order valence-corrected chi connectivity index (χ4v) is 4.17. The Kier molecular flexibility index (Phi) is 4.90. The second-order valence-electron chi connectivity index (χ2n) is 7.03. The van der Waals surface area contributed by atoms with Gasteiger partial charge in [0.25, 0.3) is 0 Å². The predicted molar refractivity (Wildman–Crippen MR) is 91.3 cm³/mol. The molecule has 0 aromatic carbocycles. The topological polar surface area (TPSA) is 48.5 Å². The van der Waals surface area contributed by atoms with Crippen LogP contribution in [0.15, 0.2) is 18.3 Å². The van der Waals surface area contributed by atoms with Gasteiger partial charge >= 0.3 is 0 Å². The van der Waals surface area contributed by atoms with Crippen LogP contribution in [0, 0.1) is 5.41 Å². The number of hydrogen-bond donors (Lipinski definition) is 1. The van der Waals surface area contributed by atoms with Gasteiger partial charge in [-0.25, -0.2) is 4.98 Å². The molecular formula is C17H25ClN4O. The average Bonchev–Trinajstić information content (AvgIpc) is 2.85. The summed E-state index contributed by atoms with van der Waals surface area (Å²) in [5.74, 6) is 0.183. The summed E-state index contributed by atoms with van der Waals surface area (Å²) in [4.78, 5) is 21.0. The van der Waals surface area contributed by atoms with E-state index in [1.54, 1.807) is 11.1 Å². The third-order valence-electron chi connectivity index (χ3n) is 5.31. The molecule has 1 atom stereocenters. The van der Waals surface area contributed by atoms with Crippen LogP contribution in [0.3, 0.4) is 0 Å². The highest BCUT2D eigenvalue weighted by molar-refractivity contribution is 6.30. The summed E-state index contributed by atoms with van der Waals surface area (Å²) in [5.41, 5.74) is 1.20. The minimum absolute atomic E-state index is 0.0199. The fraction of sp³-hybridized carbons (Fsp3) is 0.647. The molecule has 1 N–H and O–H groups in total. The summed E-state index contributed by atoms with van der Waals surface area (Å²) >= 11 is 6.11. The number of hydrogen-bond acceptors (Lipinski definition) is 4. The van der Waals surface area contributed by atoms with Gasteiger partial charge in [-0.3, -0.25) is 9.69 Å². The van der Waals surface area contributed by atoms with Gasteiger partial charge in [-0.05, 0) is 50.9 Å². The molecule has 1 spiro atoms. The summed E-state index contributed by atoms with van der Waals surface area (Å²) in [6, 6.07) is 3.75. The van der Waals surface area contributed by atoms with E-state index in [1.807, 2.05) is 19.2 Å². The summed E-state index contributed by atoms with van der Waals surface area (Å²) in [5, 5.41) is 3.89. The Bertz CT molecular complexity index is 573. The maximum atomic E-state index is 12.9. The molecule has 0 bridgehead atoms. The van der Waals surface area contributed by atoms with Crippen LogP contribution in [-0.2, 0) is 11.3 Å². The third-order valence-corrected chi connectivity index (χ3v) is 5.65. The molecule has 2 aliphatic rings. The molecule has 0 radical (unpaired) electrons. The van der Waals surface area contributed by atoms with Gasteiger partial charge in [-0.1, -0.05) is 17.7 Å². The van der Waals surface area contributed by atoms with E-state index in [0.717, 1.165) is 31.6 Å². The SMILES string of the molecule is CN(Cc1cccnc1Cl)C(=O)[C@@H]1CC2(CCNCC2)CN1C. The van der Waals surface area contributed by atoms with Crippen molar-refractivity contribution < 1.29 is 4.79 Å². The van der Waals surface area contributed by atoms with E-state index in [1.165, 1.54) is 12.8 Å². The van der Waals surface area contributed by atoms with Crippen LogP contribution in [0.5, 0.6) is 0 Å². The van der Waals surface area contributed by atoms with E-state index in [0.29, 0.717) is 17.1 Å². The molecule has 3 rings (SSSR count). The lowest BCUT2D eigenvalue weighted by molar-refractivity contribution is -0.134. The third kappa shape index (κ3) is 3.52. The number of likely N-dealkylation sites (tertiary alicyclic amines) is 1. The first-order chi connectivity index (χ1) is 11.0. The molecule has 3 heterocycles. The van der Waals surface area contributed by atoms with Crippen molar-refractivity contribution >= 4 is 17.5 Å². The summed E-state index contributed by atoms with van der Waals surface area (Å²) in [6.07, 6.45) is 4.97. The maximum Gasteiger partial charge on any atom is 0.239 e. The second-order valence-corrected chi connectivity index (χ2v) is 7.39. The van der Waals surface area contributed by atoms with E-state index in [9.17, 15) is 4.79 Å². The summed E-state index contributed by atoms with van der Waals surface area (Å²) < 4.78 is 0. The number of likely N-dealkylation sites (N-methyl/N-ethyl adjacent to an activating group) is 2. The number of nitrogens with zero attached hydrogens (tertiary/aromatic N) is 3. The van der Waals surface area contributed by atoms with Crippen LogP contribution >= 0.6 is 11.6 Å². The van der Waals surface area contributed by atoms with Gasteiger partial charge in [0, 0.05) is 31.9 Å². The number of nitrogens with one attached hydrogen (secondary N) is 1. The maximum absolute atomic E-state index is 12.9. The molecule has 1 aromatic rings. The molecule has 0 aliphatic carbocycles. The largest absolute Gasteiger partial charge is 0.340 e. The first-order valence-corrected chi connectivity index (χ1v) is 8.64. The quantitative estimate of drug-likeness (QED) is 0.855. The van der Waals surface area contributed by atoms with Crippen molar-refractivity contribution in [1.82, 2.24) is 20.1 Å². The minimum atomic E-state index is -0.0199. The number of halogens is 1. The number of carbonyl (C=O) groups is 1. The van der Waals surface area contributed by atoms with E-state index in [-0.39, 0.29) is 11.9 Å². The predicted octanol–water partition coefficient (Wildman–Crippen LogP) is 1.77. The van der Waals surface area contributed by atoms with Gasteiger partial charge < -0.3 is 10.2 Å². The molecular weight excluding hydrogens is 312 g/mol. The van der Waals surface area contributed by atoms with Gasteiger partial charge in [0.1, 0.15) is 5.15 Å². The zero-order valence-electron chi connectivity index (χ0n) is 13.9. The molecule has 126 valence electrons. The monoisotopic (exact) mass is 336 g/mol. The summed E-state index contributed by atoms with van der Waals surface area (Å²) in [6.45, 7) is 3.66. The highest BCUT2D eigenvalue weighted by atomic mass is 35.5. The van der Waals surface area contributed by atoms with Crippen molar-refractivity contribution in [2.24, 2.45) is 5.41 Å². The van der Waals surface area contributed by atoms with Crippen molar-refractivity contribution in [3.63, 3.8) is 0 Å². The molecule has 1 amide bonds. The Balaban J connectivity index is 1.66. The zero-order chi connectivity index (χ0) is 16.4. The first kappa shape index (κ1) is 16.7. The molecule has 2 aliphatic heterocycles. The van der Waals surface area contributed by atoms with Gasteiger partial charge in [0.15, 0.2) is 0 Å². The highest BCUT2D eigenvalue weighted by Gasteiger charge is 2.46. The normalized spacial score (nSPS) is 24.0. The van der Waals surface area contributed by atoms with Gasteiger partial charge in [-0.2, -0.15) is 0 Å². The number of rotatable bonds is 3. The van der Waals surface area contributed by atoms with Crippen LogP contribution in [0.25, 0.3) is 0 Å². The van der Waals surface area contributed by atoms with Gasteiger partial charge in [-0.15, -0.1) is 0 Å². The highest BCUT2D eigenvalue weighted by Crippen LogP contribution is 2.41. The van der Waals surface area contributed by atoms with Crippen molar-refractivity contribution in [2.75, 3.05) is 33.7 Å². The Labute approximate surface area is 143 Å². The number of amides is 1. The Hall–Kier alpha value is -1.17. The molecule has 5 nitrogen and oxygen atoms in total. The van der Waals surface area contributed by atoms with Gasteiger partial charge in [0.05, 0.1) is 6.04 Å². The Morgan fingerprint density at radius 3 is 2.96 bits per heavy atom. The molecule has 0 saturated carbocycles. The number of aromatic nitrogens is 1. The van der Waals surface area contributed by atoms with Crippen molar-refractivity contribution in [3.8, 4) is 0 Å². The number of piperidine rings is 1. The molecule has 6 heteroatoms. The fourth-order valence-electron chi connectivity index (χ4n) is 3.99. The molecule has 23 heavy (non-hydrogen) atoms. The van der Waals surface area contributed by atoms with Crippen LogP contribution in [0.4, 0.5) is 0 Å². The lowest BCUT2D eigenvalue weighted by Crippen LogP contribution is -2.42. The summed E-state index contributed by atoms with van der Waals surface area (Å²) in [7, 11) is 3.93. The Morgan fingerprint density at radius 2 is 2.26 bits per heavy atom. The second kappa shape index (κ2) is 6.75. The first-order valence-electron chi connectivity index (χ1n) is 8.26. The van der Waals surface area contributed by atoms with Gasteiger partial charge in [0.2, 0.25) is 5.91 Å². The number of pyridine rings is 1. The zero-order valence-corrected chi connectivity index (χ0v) is 14.6. The minimum Gasteiger partial charge on any atom is -0.340 e. The molecule has 0 unspecified atom stereocenters. The van der Waals surface area contributed by atoms with Crippen LogP contribution < -0.4 is 5.32 Å². The van der Waals surface area contributed by atoms with Crippen molar-refractivity contribution in [3.05, 3.63) is 29.0 Å². The van der Waals surface area contributed by atoms with Crippen LogP contribution in [-0.4, -0.2) is 60.5 Å². The lowest BCUT2D eigenvalue weighted by atomic mass is 9.77. The van der Waals surface area contributed by atoms with Crippen molar-refractivity contribution in [2.45, 2.75) is 31.8 Å².